The van der Waals surface area contributed by atoms with E-state index in [4.69, 9.17) is 4.74 Å². The second-order valence-corrected chi connectivity index (χ2v) is 9.91. The highest BCUT2D eigenvalue weighted by atomic mass is 35.5. The van der Waals surface area contributed by atoms with Gasteiger partial charge in [-0.25, -0.2) is 0 Å². The molecule has 5 heterocycles. The van der Waals surface area contributed by atoms with Crippen molar-refractivity contribution in [2.75, 3.05) is 39.3 Å². The average Bonchev–Trinajstić information content (AvgIpc) is 3.18. The summed E-state index contributed by atoms with van der Waals surface area (Å²) in [7, 11) is 0. The fraction of sp³-hybridized carbons (Fsp3) is 0.714. The maximum absolute atomic E-state index is 13.4. The second kappa shape index (κ2) is 8.39. The average molecular weight is 456 g/mol. The number of halogens is 1. The van der Waals surface area contributed by atoms with Crippen LogP contribution in [0.3, 0.4) is 0 Å². The molecule has 4 aliphatic heterocycles. The summed E-state index contributed by atoms with van der Waals surface area (Å²) in [4.78, 5) is 29.8. The van der Waals surface area contributed by atoms with Crippen molar-refractivity contribution in [3.05, 3.63) is 21.4 Å². The number of likely N-dealkylation sites (tertiary alicyclic amines) is 1. The van der Waals surface area contributed by atoms with Crippen LogP contribution in [-0.4, -0.2) is 67.3 Å². The van der Waals surface area contributed by atoms with Crippen molar-refractivity contribution < 1.29 is 19.4 Å². The van der Waals surface area contributed by atoms with Crippen LogP contribution in [0.15, 0.2) is 6.07 Å². The van der Waals surface area contributed by atoms with E-state index >= 15 is 0 Å². The smallest absolute Gasteiger partial charge is 0.263 e. The Hall–Kier alpha value is -1.19. The fourth-order valence-corrected chi connectivity index (χ4v) is 6.88. The lowest BCUT2D eigenvalue weighted by molar-refractivity contribution is -0.147. The summed E-state index contributed by atoms with van der Waals surface area (Å²) in [5.74, 6) is -0.126. The highest BCUT2D eigenvalue weighted by Crippen LogP contribution is 2.45. The molecule has 3 fully saturated rings. The third-order valence-corrected chi connectivity index (χ3v) is 8.55. The van der Waals surface area contributed by atoms with Gasteiger partial charge in [-0.2, -0.15) is 0 Å². The van der Waals surface area contributed by atoms with Gasteiger partial charge in [-0.05, 0) is 63.2 Å². The van der Waals surface area contributed by atoms with Gasteiger partial charge >= 0.3 is 0 Å². The Balaban J connectivity index is 0.00000218. The van der Waals surface area contributed by atoms with Crippen molar-refractivity contribution in [3.63, 3.8) is 0 Å². The van der Waals surface area contributed by atoms with Crippen molar-refractivity contribution in [1.29, 1.82) is 0 Å². The van der Waals surface area contributed by atoms with Crippen LogP contribution in [-0.2, 0) is 21.6 Å². The number of nitrogens with one attached hydrogen (secondary N) is 2. The van der Waals surface area contributed by atoms with Gasteiger partial charge < -0.3 is 25.4 Å². The standard InChI is InChI=1S/C21H29N3O4S.ClH/c25-16-2-10-24(13-20(16)4-1-7-23-19(20)27)18(26)15-12-14-3-11-28-21(17(14)29-15)5-8-22-9-6-21;/h12,16,22,25H,1-11,13H2,(H,23,27);1H/t16-,20+;/m0./s1. The molecule has 2 amide bonds. The summed E-state index contributed by atoms with van der Waals surface area (Å²) < 4.78 is 6.25. The quantitative estimate of drug-likeness (QED) is 0.596. The molecule has 9 heteroatoms. The van der Waals surface area contributed by atoms with Crippen molar-refractivity contribution in [1.82, 2.24) is 15.5 Å². The molecule has 0 bridgehead atoms. The van der Waals surface area contributed by atoms with Gasteiger partial charge in [-0.15, -0.1) is 23.7 Å². The van der Waals surface area contributed by atoms with E-state index in [9.17, 15) is 14.7 Å². The summed E-state index contributed by atoms with van der Waals surface area (Å²) in [6.07, 6.45) is 3.96. The van der Waals surface area contributed by atoms with Gasteiger partial charge in [0.05, 0.1) is 23.0 Å². The van der Waals surface area contributed by atoms with Crippen molar-refractivity contribution in [2.24, 2.45) is 5.41 Å². The number of aliphatic hydroxyl groups excluding tert-OH is 1. The van der Waals surface area contributed by atoms with E-state index in [1.807, 2.05) is 6.07 Å². The molecule has 2 atom stereocenters. The number of nitrogens with zero attached hydrogens (tertiary/aromatic N) is 1. The largest absolute Gasteiger partial charge is 0.392 e. The zero-order valence-corrected chi connectivity index (χ0v) is 18.7. The molecule has 4 aliphatic rings. The molecule has 0 aliphatic carbocycles. The number of carbonyl (C=O) groups is 2. The Labute approximate surface area is 186 Å². The summed E-state index contributed by atoms with van der Waals surface area (Å²) in [6.45, 7) is 4.01. The van der Waals surface area contributed by atoms with E-state index in [2.05, 4.69) is 10.6 Å². The molecular weight excluding hydrogens is 426 g/mol. The first kappa shape index (κ1) is 22.0. The number of thiophene rings is 1. The molecular formula is C21H30ClN3O4S. The molecule has 1 aromatic heterocycles. The zero-order valence-electron chi connectivity index (χ0n) is 17.1. The molecule has 30 heavy (non-hydrogen) atoms. The number of hydrogen-bond acceptors (Lipinski definition) is 6. The molecule has 0 aromatic carbocycles. The Morgan fingerprint density at radius 3 is 2.83 bits per heavy atom. The Morgan fingerprint density at radius 1 is 1.27 bits per heavy atom. The van der Waals surface area contributed by atoms with Gasteiger partial charge in [-0.1, -0.05) is 0 Å². The van der Waals surface area contributed by atoms with Crippen LogP contribution in [0, 0.1) is 5.41 Å². The Morgan fingerprint density at radius 2 is 2.07 bits per heavy atom. The van der Waals surface area contributed by atoms with Crippen molar-refractivity contribution in [2.45, 2.75) is 50.2 Å². The normalized spacial score (nSPS) is 30.5. The van der Waals surface area contributed by atoms with Crippen LogP contribution in [0.25, 0.3) is 0 Å². The lowest BCUT2D eigenvalue weighted by Crippen LogP contribution is -2.62. The predicted octanol–water partition coefficient (Wildman–Crippen LogP) is 1.42. The van der Waals surface area contributed by atoms with Crippen LogP contribution in [0.1, 0.15) is 52.2 Å². The van der Waals surface area contributed by atoms with E-state index < -0.39 is 11.5 Å². The number of piperidine rings is 3. The van der Waals surface area contributed by atoms with Gasteiger partial charge in [0.2, 0.25) is 5.91 Å². The number of hydrogen-bond donors (Lipinski definition) is 3. The highest BCUT2D eigenvalue weighted by Gasteiger charge is 2.51. The van der Waals surface area contributed by atoms with Crippen LogP contribution in [0.5, 0.6) is 0 Å². The fourth-order valence-electron chi connectivity index (χ4n) is 5.50. The molecule has 3 N–H and O–H groups in total. The van der Waals surface area contributed by atoms with Crippen LogP contribution >= 0.6 is 23.7 Å². The summed E-state index contributed by atoms with van der Waals surface area (Å²) in [5.41, 5.74) is 0.140. The maximum atomic E-state index is 13.4. The summed E-state index contributed by atoms with van der Waals surface area (Å²) in [6, 6.07) is 2.05. The van der Waals surface area contributed by atoms with E-state index in [1.54, 1.807) is 16.2 Å². The zero-order chi connectivity index (χ0) is 20.1. The highest BCUT2D eigenvalue weighted by molar-refractivity contribution is 7.14. The molecule has 0 unspecified atom stereocenters. The molecule has 5 rings (SSSR count). The number of ether oxygens (including phenoxy) is 1. The first-order chi connectivity index (χ1) is 14.0. The number of amides is 2. The van der Waals surface area contributed by atoms with Crippen LogP contribution in [0.2, 0.25) is 0 Å². The minimum absolute atomic E-state index is 0. The number of fused-ring (bicyclic) bond motifs is 2. The molecule has 166 valence electrons. The maximum Gasteiger partial charge on any atom is 0.263 e. The lowest BCUT2D eigenvalue weighted by Gasteiger charge is -2.46. The summed E-state index contributed by atoms with van der Waals surface area (Å²) >= 11 is 1.57. The van der Waals surface area contributed by atoms with E-state index in [0.717, 1.165) is 43.6 Å². The summed E-state index contributed by atoms with van der Waals surface area (Å²) in [5, 5.41) is 16.9. The van der Waals surface area contributed by atoms with E-state index in [0.29, 0.717) is 39.1 Å². The SMILES string of the molecule is Cl.O=C(c1cc2c(s1)C1(CCNCC1)OCC2)N1CC[C@H](O)[C@@]2(CCCNC2=O)C1. The number of rotatable bonds is 1. The Kier molecular flexibility index (Phi) is 6.16. The van der Waals surface area contributed by atoms with Crippen LogP contribution in [0.4, 0.5) is 0 Å². The number of carbonyl (C=O) groups excluding carboxylic acids is 2. The first-order valence-corrected chi connectivity index (χ1v) is 11.6. The molecule has 0 saturated carbocycles. The third kappa shape index (κ3) is 3.46. The molecule has 1 aromatic rings. The molecule has 3 saturated heterocycles. The van der Waals surface area contributed by atoms with Crippen LogP contribution < -0.4 is 10.6 Å². The van der Waals surface area contributed by atoms with Crippen molar-refractivity contribution >= 4 is 35.6 Å². The van der Waals surface area contributed by atoms with Gasteiger partial charge in [0.15, 0.2) is 0 Å². The lowest BCUT2D eigenvalue weighted by atomic mass is 9.71. The third-order valence-electron chi connectivity index (χ3n) is 7.20. The van der Waals surface area contributed by atoms with Gasteiger partial charge in [-0.3, -0.25) is 9.59 Å². The predicted molar refractivity (Wildman–Crippen MR) is 116 cm³/mol. The monoisotopic (exact) mass is 455 g/mol. The first-order valence-electron chi connectivity index (χ1n) is 10.8. The van der Waals surface area contributed by atoms with E-state index in [-0.39, 0.29) is 29.8 Å². The second-order valence-electron chi connectivity index (χ2n) is 8.85. The minimum Gasteiger partial charge on any atom is -0.392 e. The van der Waals surface area contributed by atoms with Gasteiger partial charge in [0, 0.05) is 24.5 Å². The molecule has 2 spiro atoms. The number of aliphatic hydroxyl groups is 1. The minimum atomic E-state index is -0.859. The van der Waals surface area contributed by atoms with Gasteiger partial charge in [0.1, 0.15) is 5.60 Å². The molecule has 7 nitrogen and oxygen atoms in total. The topological polar surface area (TPSA) is 90.9 Å². The van der Waals surface area contributed by atoms with Gasteiger partial charge in [0.25, 0.3) is 5.91 Å². The Bertz CT molecular complexity index is 825. The van der Waals surface area contributed by atoms with E-state index in [1.165, 1.54) is 10.4 Å². The molecule has 0 radical (unpaired) electrons. The van der Waals surface area contributed by atoms with Crippen molar-refractivity contribution in [3.8, 4) is 0 Å².